The van der Waals surface area contributed by atoms with Gasteiger partial charge in [-0.1, -0.05) is 87.1 Å². The van der Waals surface area contributed by atoms with Gasteiger partial charge in [0, 0.05) is 22.5 Å². The van der Waals surface area contributed by atoms with Crippen LogP contribution in [0.25, 0.3) is 0 Å². The molecular weight excluding hydrogens is 594 g/mol. The molecule has 3 N–H and O–H groups in total. The molecule has 2 saturated carbocycles. The SMILES string of the molecule is C[C@H](CCCC(C)(C)N)[C@H]1CC[C@@]2(C)C3=C(CC[C@]12C)[C@@]1(C)CC(F)C(OC(=O)CCSSCCC(=O)O)C(C)(C)[C@@H]1CC3. The van der Waals surface area contributed by atoms with Crippen molar-refractivity contribution >= 4 is 33.5 Å². The van der Waals surface area contributed by atoms with Gasteiger partial charge >= 0.3 is 11.9 Å². The predicted octanol–water partition coefficient (Wildman–Crippen LogP) is 9.39. The number of carbonyl (C=O) groups excluding carboxylic acids is 1. The molecule has 8 atom stereocenters. The summed E-state index contributed by atoms with van der Waals surface area (Å²) in [4.78, 5) is 23.5. The van der Waals surface area contributed by atoms with E-state index in [1.54, 1.807) is 11.1 Å². The molecule has 252 valence electrons. The van der Waals surface area contributed by atoms with Crippen LogP contribution in [0.5, 0.6) is 0 Å². The molecule has 2 unspecified atom stereocenters. The number of fused-ring (bicyclic) bond motifs is 4. The fourth-order valence-corrected chi connectivity index (χ4v) is 12.5. The highest BCUT2D eigenvalue weighted by Crippen LogP contribution is 2.72. The molecular formula is C36H60FNO4S2. The zero-order valence-corrected chi connectivity index (χ0v) is 30.4. The number of carbonyl (C=O) groups is 2. The van der Waals surface area contributed by atoms with Crippen LogP contribution in [-0.4, -0.2) is 46.4 Å². The van der Waals surface area contributed by atoms with E-state index in [1.165, 1.54) is 53.7 Å². The van der Waals surface area contributed by atoms with Crippen LogP contribution in [0.1, 0.15) is 132 Å². The molecule has 8 heteroatoms. The Morgan fingerprint density at radius 1 is 1.05 bits per heavy atom. The van der Waals surface area contributed by atoms with E-state index < -0.39 is 23.7 Å². The first-order valence-corrected chi connectivity index (χ1v) is 19.7. The van der Waals surface area contributed by atoms with Gasteiger partial charge in [0.15, 0.2) is 0 Å². The number of carboxylic acid groups (broad SMARTS) is 1. The van der Waals surface area contributed by atoms with Crippen LogP contribution in [0.15, 0.2) is 11.1 Å². The Balaban J connectivity index is 1.46. The van der Waals surface area contributed by atoms with E-state index in [0.29, 0.717) is 29.8 Å². The number of allylic oxidation sites excluding steroid dienone is 2. The molecule has 2 fully saturated rings. The van der Waals surface area contributed by atoms with Crippen molar-refractivity contribution in [3.63, 3.8) is 0 Å². The van der Waals surface area contributed by atoms with E-state index in [2.05, 4.69) is 55.4 Å². The van der Waals surface area contributed by atoms with Gasteiger partial charge in [-0.2, -0.15) is 0 Å². The van der Waals surface area contributed by atoms with Gasteiger partial charge in [0.05, 0.1) is 12.8 Å². The number of nitrogens with two attached hydrogens (primary N) is 1. The molecule has 5 nitrogen and oxygen atoms in total. The molecule has 0 aromatic rings. The summed E-state index contributed by atoms with van der Waals surface area (Å²) in [7, 11) is 2.93. The molecule has 0 aliphatic heterocycles. The smallest absolute Gasteiger partial charge is 0.307 e. The van der Waals surface area contributed by atoms with Crippen molar-refractivity contribution in [2.75, 3.05) is 11.5 Å². The molecule has 0 aromatic heterocycles. The van der Waals surface area contributed by atoms with Crippen molar-refractivity contribution in [1.29, 1.82) is 0 Å². The lowest BCUT2D eigenvalue weighted by Gasteiger charge is -2.62. The minimum Gasteiger partial charge on any atom is -0.481 e. The Hall–Kier alpha value is -0.730. The van der Waals surface area contributed by atoms with E-state index in [-0.39, 0.29) is 46.5 Å². The average Bonchev–Trinajstić information content (AvgIpc) is 3.18. The standard InChI is InChI=1S/C36H60FNO4S2/c1-23(10-9-17-32(2,3)38)24-13-18-36(8)26-11-12-28-33(4,5)31(42-30(41)16-21-44-43-20-15-29(39)40)27(37)22-34(28,6)25(26)14-19-35(24,36)7/h23-24,27-28,31H,9-22,38H2,1-8H3,(H,39,40)/t23-,24-,27?,28+,31?,34-,35-,36+/m1/s1. The molecule has 0 radical (unpaired) electrons. The molecule has 0 amide bonds. The quantitative estimate of drug-likeness (QED) is 0.0886. The van der Waals surface area contributed by atoms with Crippen LogP contribution >= 0.6 is 21.6 Å². The fraction of sp³-hybridized carbons (Fsp3) is 0.889. The molecule has 4 aliphatic carbocycles. The first-order chi connectivity index (χ1) is 20.4. The number of rotatable bonds is 13. The number of hydrogen-bond acceptors (Lipinski definition) is 6. The van der Waals surface area contributed by atoms with Crippen molar-refractivity contribution in [1.82, 2.24) is 0 Å². The second-order valence-corrected chi connectivity index (χ2v) is 19.4. The van der Waals surface area contributed by atoms with E-state index in [9.17, 15) is 9.59 Å². The Bertz CT molecular complexity index is 1100. The number of hydrogen-bond donors (Lipinski definition) is 2. The summed E-state index contributed by atoms with van der Waals surface area (Å²) in [6.07, 6.45) is 9.17. The van der Waals surface area contributed by atoms with E-state index in [0.717, 1.165) is 25.7 Å². The molecule has 0 heterocycles. The predicted molar refractivity (Wildman–Crippen MR) is 182 cm³/mol. The number of alkyl halides is 1. The zero-order valence-electron chi connectivity index (χ0n) is 28.7. The Labute approximate surface area is 274 Å². The van der Waals surface area contributed by atoms with Crippen molar-refractivity contribution < 1.29 is 23.8 Å². The zero-order chi connectivity index (χ0) is 32.7. The maximum Gasteiger partial charge on any atom is 0.307 e. The Morgan fingerprint density at radius 3 is 2.34 bits per heavy atom. The minimum atomic E-state index is -1.19. The third-order valence-electron chi connectivity index (χ3n) is 13.0. The second kappa shape index (κ2) is 13.4. The van der Waals surface area contributed by atoms with Crippen LogP contribution < -0.4 is 5.73 Å². The third kappa shape index (κ3) is 6.93. The summed E-state index contributed by atoms with van der Waals surface area (Å²) < 4.78 is 22.2. The lowest BCUT2D eigenvalue weighted by Crippen LogP contribution is -2.59. The molecule has 0 saturated heterocycles. The lowest BCUT2D eigenvalue weighted by atomic mass is 9.43. The van der Waals surface area contributed by atoms with E-state index >= 15 is 4.39 Å². The van der Waals surface area contributed by atoms with Crippen molar-refractivity contribution in [2.24, 2.45) is 45.1 Å². The summed E-state index contributed by atoms with van der Waals surface area (Å²) in [5.41, 5.74) is 9.15. The van der Waals surface area contributed by atoms with Crippen LogP contribution in [0.3, 0.4) is 0 Å². The van der Waals surface area contributed by atoms with E-state index in [4.69, 9.17) is 15.6 Å². The van der Waals surface area contributed by atoms with Gasteiger partial charge in [-0.25, -0.2) is 4.39 Å². The van der Waals surface area contributed by atoms with Crippen molar-refractivity contribution in [3.8, 4) is 0 Å². The van der Waals surface area contributed by atoms with Gasteiger partial charge in [0.25, 0.3) is 0 Å². The largest absolute Gasteiger partial charge is 0.481 e. The molecule has 4 rings (SSSR count). The molecule has 44 heavy (non-hydrogen) atoms. The molecule has 0 aromatic carbocycles. The highest BCUT2D eigenvalue weighted by atomic mass is 33.1. The first-order valence-electron chi connectivity index (χ1n) is 17.2. The summed E-state index contributed by atoms with van der Waals surface area (Å²) in [6, 6.07) is 0. The van der Waals surface area contributed by atoms with E-state index in [1.807, 2.05) is 0 Å². The maximum absolute atomic E-state index is 16.3. The summed E-state index contributed by atoms with van der Waals surface area (Å²) in [5.74, 6) is 1.52. The van der Waals surface area contributed by atoms with Crippen molar-refractivity contribution in [2.45, 2.75) is 150 Å². The van der Waals surface area contributed by atoms with Gasteiger partial charge in [0.2, 0.25) is 0 Å². The Kier molecular flexibility index (Phi) is 11.0. The van der Waals surface area contributed by atoms with Crippen LogP contribution in [0, 0.1) is 39.4 Å². The lowest BCUT2D eigenvalue weighted by molar-refractivity contribution is -0.183. The second-order valence-electron chi connectivity index (χ2n) is 16.7. The van der Waals surface area contributed by atoms with Crippen LogP contribution in [0.4, 0.5) is 4.39 Å². The van der Waals surface area contributed by atoms with Gasteiger partial charge in [-0.05, 0) is 99.2 Å². The monoisotopic (exact) mass is 653 g/mol. The molecule has 0 spiro atoms. The summed E-state index contributed by atoms with van der Waals surface area (Å²) >= 11 is 0. The van der Waals surface area contributed by atoms with Crippen LogP contribution in [0.2, 0.25) is 0 Å². The topological polar surface area (TPSA) is 89.6 Å². The minimum absolute atomic E-state index is 0.103. The van der Waals surface area contributed by atoms with Crippen LogP contribution in [-0.2, 0) is 14.3 Å². The molecule has 0 bridgehead atoms. The normalized spacial score (nSPS) is 37.1. The maximum atomic E-state index is 16.3. The molecule has 4 aliphatic rings. The van der Waals surface area contributed by atoms with Gasteiger partial charge in [-0.3, -0.25) is 9.59 Å². The number of ether oxygens (including phenoxy) is 1. The fourth-order valence-electron chi connectivity index (χ4n) is 10.6. The number of esters is 1. The summed E-state index contributed by atoms with van der Waals surface area (Å²) in [6.45, 7) is 18.5. The number of halogens is 1. The Morgan fingerprint density at radius 2 is 1.70 bits per heavy atom. The van der Waals surface area contributed by atoms with Gasteiger partial charge in [0.1, 0.15) is 12.3 Å². The third-order valence-corrected chi connectivity index (χ3v) is 15.4. The first kappa shape index (κ1) is 36.1. The average molecular weight is 654 g/mol. The highest BCUT2D eigenvalue weighted by molar-refractivity contribution is 8.76. The van der Waals surface area contributed by atoms with Gasteiger partial charge < -0.3 is 15.6 Å². The number of aliphatic carboxylic acids is 1. The van der Waals surface area contributed by atoms with Crippen molar-refractivity contribution in [3.05, 3.63) is 11.1 Å². The van der Waals surface area contributed by atoms with Gasteiger partial charge in [-0.15, -0.1) is 0 Å². The highest BCUT2D eigenvalue weighted by Gasteiger charge is 2.65. The number of carboxylic acids is 1. The summed E-state index contributed by atoms with van der Waals surface area (Å²) in [5, 5.41) is 8.78.